The predicted octanol–water partition coefficient (Wildman–Crippen LogP) is 3.44. The van der Waals surface area contributed by atoms with E-state index in [0.717, 1.165) is 12.8 Å². The van der Waals surface area contributed by atoms with Gasteiger partial charge >= 0.3 is 6.03 Å². The average Bonchev–Trinajstić information content (AvgIpc) is 2.57. The lowest BCUT2D eigenvalue weighted by Gasteiger charge is -2.21. The third-order valence-corrected chi connectivity index (χ3v) is 4.30. The van der Waals surface area contributed by atoms with E-state index in [1.165, 1.54) is 32.1 Å². The molecule has 1 aliphatic rings. The minimum absolute atomic E-state index is 0.0111. The molecule has 6 heteroatoms. The largest absolute Gasteiger partial charge is 0.484 e. The van der Waals surface area contributed by atoms with Crippen LogP contribution in [0.3, 0.4) is 0 Å². The van der Waals surface area contributed by atoms with E-state index >= 15 is 0 Å². The number of carbonyl (C=O) groups excluding carboxylic acids is 2. The lowest BCUT2D eigenvalue weighted by Crippen LogP contribution is -2.38. The zero-order valence-electron chi connectivity index (χ0n) is 15.0. The fourth-order valence-corrected chi connectivity index (χ4v) is 2.98. The van der Waals surface area contributed by atoms with Gasteiger partial charge in [-0.05, 0) is 44.0 Å². The summed E-state index contributed by atoms with van der Waals surface area (Å²) in [6.45, 7) is 2.43. The third kappa shape index (κ3) is 7.45. The number of urea groups is 1. The number of anilines is 1. The molecule has 1 fully saturated rings. The van der Waals surface area contributed by atoms with Gasteiger partial charge in [-0.3, -0.25) is 4.79 Å². The first kappa shape index (κ1) is 19.1. The van der Waals surface area contributed by atoms with Crippen LogP contribution in [-0.2, 0) is 4.79 Å². The SMILES string of the molecule is CCNC(=O)COc1ccc(NC(=O)NC2CCCCCCC2)cc1. The van der Waals surface area contributed by atoms with E-state index in [1.54, 1.807) is 24.3 Å². The van der Waals surface area contributed by atoms with Crippen LogP contribution in [0.1, 0.15) is 51.9 Å². The van der Waals surface area contributed by atoms with Gasteiger partial charge in [0.2, 0.25) is 0 Å². The van der Waals surface area contributed by atoms with E-state index in [1.807, 2.05) is 6.92 Å². The van der Waals surface area contributed by atoms with Crippen LogP contribution >= 0.6 is 0 Å². The molecule has 1 aromatic rings. The van der Waals surface area contributed by atoms with Gasteiger partial charge in [-0.1, -0.05) is 32.1 Å². The molecular formula is C19H29N3O3. The van der Waals surface area contributed by atoms with Crippen molar-refractivity contribution < 1.29 is 14.3 Å². The molecule has 3 N–H and O–H groups in total. The molecule has 0 atom stereocenters. The fraction of sp³-hybridized carbons (Fsp3) is 0.579. The Kier molecular flexibility index (Phi) is 8.09. The number of amides is 3. The molecule has 0 spiro atoms. The second-order valence-electron chi connectivity index (χ2n) is 6.41. The van der Waals surface area contributed by atoms with Crippen molar-refractivity contribution in [2.24, 2.45) is 0 Å². The summed E-state index contributed by atoms with van der Waals surface area (Å²) < 4.78 is 5.39. The molecule has 0 heterocycles. The Morgan fingerprint density at radius 2 is 1.68 bits per heavy atom. The summed E-state index contributed by atoms with van der Waals surface area (Å²) in [5.74, 6) is 0.445. The van der Waals surface area contributed by atoms with Crippen LogP contribution in [0.25, 0.3) is 0 Å². The normalized spacial score (nSPS) is 15.6. The summed E-state index contributed by atoms with van der Waals surface area (Å²) in [5, 5.41) is 8.59. The van der Waals surface area contributed by atoms with Gasteiger partial charge in [-0.15, -0.1) is 0 Å². The molecule has 3 amide bonds. The number of rotatable bonds is 6. The highest BCUT2D eigenvalue weighted by Gasteiger charge is 2.14. The van der Waals surface area contributed by atoms with Gasteiger partial charge < -0.3 is 20.7 Å². The Labute approximate surface area is 149 Å². The van der Waals surface area contributed by atoms with Crippen molar-refractivity contribution in [3.05, 3.63) is 24.3 Å². The number of hydrogen-bond donors (Lipinski definition) is 3. The lowest BCUT2D eigenvalue weighted by molar-refractivity contribution is -0.122. The van der Waals surface area contributed by atoms with Crippen molar-refractivity contribution in [2.75, 3.05) is 18.5 Å². The Morgan fingerprint density at radius 3 is 2.32 bits per heavy atom. The first-order valence-electron chi connectivity index (χ1n) is 9.24. The number of ether oxygens (including phenoxy) is 1. The summed E-state index contributed by atoms with van der Waals surface area (Å²) in [4.78, 5) is 23.5. The van der Waals surface area contributed by atoms with Crippen molar-refractivity contribution in [1.29, 1.82) is 0 Å². The molecule has 0 aromatic heterocycles. The van der Waals surface area contributed by atoms with Gasteiger partial charge in [-0.25, -0.2) is 4.79 Å². The van der Waals surface area contributed by atoms with Crippen LogP contribution in [0, 0.1) is 0 Å². The smallest absolute Gasteiger partial charge is 0.319 e. The monoisotopic (exact) mass is 347 g/mol. The van der Waals surface area contributed by atoms with E-state index in [2.05, 4.69) is 16.0 Å². The molecule has 2 rings (SSSR count). The Hall–Kier alpha value is -2.24. The van der Waals surface area contributed by atoms with Crippen LogP contribution < -0.4 is 20.7 Å². The first-order chi connectivity index (χ1) is 12.2. The molecule has 0 unspecified atom stereocenters. The number of likely N-dealkylation sites (N-methyl/N-ethyl adjacent to an activating group) is 1. The summed E-state index contributed by atoms with van der Waals surface area (Å²) in [6.07, 6.45) is 8.31. The quantitative estimate of drug-likeness (QED) is 0.737. The predicted molar refractivity (Wildman–Crippen MR) is 98.9 cm³/mol. The number of nitrogens with one attached hydrogen (secondary N) is 3. The van der Waals surface area contributed by atoms with Gasteiger partial charge in [0.05, 0.1) is 0 Å². The van der Waals surface area contributed by atoms with Gasteiger partial charge in [0.25, 0.3) is 5.91 Å². The molecule has 138 valence electrons. The summed E-state index contributed by atoms with van der Waals surface area (Å²) in [6, 6.07) is 7.12. The summed E-state index contributed by atoms with van der Waals surface area (Å²) in [5.41, 5.74) is 0.703. The van der Waals surface area contributed by atoms with Crippen molar-refractivity contribution in [3.63, 3.8) is 0 Å². The Bertz CT molecular complexity index is 537. The molecule has 0 radical (unpaired) electrons. The number of carbonyl (C=O) groups is 2. The highest BCUT2D eigenvalue weighted by Crippen LogP contribution is 2.18. The third-order valence-electron chi connectivity index (χ3n) is 4.30. The minimum Gasteiger partial charge on any atom is -0.484 e. The van der Waals surface area contributed by atoms with Gasteiger partial charge in [0, 0.05) is 18.3 Å². The van der Waals surface area contributed by atoms with Gasteiger partial charge in [0.1, 0.15) is 5.75 Å². The zero-order chi connectivity index (χ0) is 17.9. The Morgan fingerprint density at radius 1 is 1.04 bits per heavy atom. The highest BCUT2D eigenvalue weighted by atomic mass is 16.5. The molecule has 1 aliphatic carbocycles. The van der Waals surface area contributed by atoms with Crippen molar-refractivity contribution in [3.8, 4) is 5.75 Å². The van der Waals surface area contributed by atoms with Crippen molar-refractivity contribution >= 4 is 17.6 Å². The molecule has 1 aromatic carbocycles. The molecule has 6 nitrogen and oxygen atoms in total. The molecule has 0 aliphatic heterocycles. The summed E-state index contributed by atoms with van der Waals surface area (Å²) in [7, 11) is 0. The van der Waals surface area contributed by atoms with Crippen LogP contribution in [0.15, 0.2) is 24.3 Å². The number of benzene rings is 1. The van der Waals surface area contributed by atoms with Crippen LogP contribution in [0.5, 0.6) is 5.75 Å². The highest BCUT2D eigenvalue weighted by molar-refractivity contribution is 5.89. The second kappa shape index (κ2) is 10.6. The average molecular weight is 347 g/mol. The standard InChI is InChI=1S/C19H29N3O3/c1-2-20-18(23)14-25-17-12-10-16(11-13-17)22-19(24)21-15-8-6-4-3-5-7-9-15/h10-13,15H,2-9,14H2,1H3,(H,20,23)(H2,21,22,24). The summed E-state index contributed by atoms with van der Waals surface area (Å²) >= 11 is 0. The maximum absolute atomic E-state index is 12.1. The van der Waals surface area contributed by atoms with E-state index < -0.39 is 0 Å². The maximum Gasteiger partial charge on any atom is 0.319 e. The van der Waals surface area contributed by atoms with Crippen LogP contribution in [0.2, 0.25) is 0 Å². The maximum atomic E-state index is 12.1. The van der Waals surface area contributed by atoms with E-state index in [0.29, 0.717) is 18.0 Å². The number of hydrogen-bond acceptors (Lipinski definition) is 3. The molecular weight excluding hydrogens is 318 g/mol. The van der Waals surface area contributed by atoms with E-state index in [-0.39, 0.29) is 24.6 Å². The topological polar surface area (TPSA) is 79.5 Å². The molecule has 1 saturated carbocycles. The second-order valence-corrected chi connectivity index (χ2v) is 6.41. The van der Waals surface area contributed by atoms with Crippen molar-refractivity contribution in [1.82, 2.24) is 10.6 Å². The first-order valence-corrected chi connectivity index (χ1v) is 9.24. The van der Waals surface area contributed by atoms with Gasteiger partial charge in [-0.2, -0.15) is 0 Å². The van der Waals surface area contributed by atoms with E-state index in [4.69, 9.17) is 4.74 Å². The van der Waals surface area contributed by atoms with Crippen molar-refractivity contribution in [2.45, 2.75) is 57.9 Å². The van der Waals surface area contributed by atoms with Crippen LogP contribution in [0.4, 0.5) is 10.5 Å². The minimum atomic E-state index is -0.165. The zero-order valence-corrected chi connectivity index (χ0v) is 15.0. The molecule has 25 heavy (non-hydrogen) atoms. The van der Waals surface area contributed by atoms with Crippen LogP contribution in [-0.4, -0.2) is 31.1 Å². The lowest BCUT2D eigenvalue weighted by atomic mass is 9.97. The molecule has 0 saturated heterocycles. The van der Waals surface area contributed by atoms with E-state index in [9.17, 15) is 9.59 Å². The fourth-order valence-electron chi connectivity index (χ4n) is 2.98. The van der Waals surface area contributed by atoms with Gasteiger partial charge in [0.15, 0.2) is 6.61 Å². The Balaban J connectivity index is 1.75. The molecule has 0 bridgehead atoms.